The van der Waals surface area contributed by atoms with Gasteiger partial charge in [-0.3, -0.25) is 4.79 Å². The fraction of sp³-hybridized carbons (Fsp3) is 0.588. The van der Waals surface area contributed by atoms with Gasteiger partial charge in [-0.05, 0) is 36.0 Å². The van der Waals surface area contributed by atoms with Crippen LogP contribution in [-0.4, -0.2) is 12.5 Å². The second-order valence-electron chi connectivity index (χ2n) is 6.83. The molecule has 1 amide bonds. The Morgan fingerprint density at radius 2 is 1.90 bits per heavy atom. The maximum atomic E-state index is 12.4. The highest BCUT2D eigenvalue weighted by molar-refractivity contribution is 5.96. The van der Waals surface area contributed by atoms with Crippen LogP contribution in [0.15, 0.2) is 18.2 Å². The van der Waals surface area contributed by atoms with E-state index in [1.807, 2.05) is 25.1 Å². The van der Waals surface area contributed by atoms with Crippen molar-refractivity contribution >= 4 is 11.6 Å². The molecule has 1 aromatic rings. The number of carbonyl (C=O) groups excluding carboxylic acids is 1. The molecule has 1 aliphatic carbocycles. The first-order chi connectivity index (χ1) is 9.75. The highest BCUT2D eigenvalue weighted by atomic mass is 16.5. The quantitative estimate of drug-likeness (QED) is 0.875. The minimum absolute atomic E-state index is 0.0397. The Labute approximate surface area is 127 Å². The predicted molar refractivity (Wildman–Crippen MR) is 85.2 cm³/mol. The molecule has 3 N–H and O–H groups in total. The molecular formula is C17H26N2O2. The summed E-state index contributed by atoms with van der Waals surface area (Å²) < 4.78 is 5.52. The Morgan fingerprint density at radius 1 is 1.29 bits per heavy atom. The summed E-state index contributed by atoms with van der Waals surface area (Å²) in [6.07, 6.45) is 0. The zero-order chi connectivity index (χ0) is 15.8. The van der Waals surface area contributed by atoms with Gasteiger partial charge in [-0.15, -0.1) is 0 Å². The number of rotatable bonds is 5. The van der Waals surface area contributed by atoms with Gasteiger partial charge in [0.05, 0.1) is 6.61 Å². The monoisotopic (exact) mass is 290 g/mol. The van der Waals surface area contributed by atoms with Crippen LogP contribution in [0.25, 0.3) is 0 Å². The lowest BCUT2D eigenvalue weighted by Crippen LogP contribution is -2.18. The largest absolute Gasteiger partial charge is 0.494 e. The molecule has 0 unspecified atom stereocenters. The number of carbonyl (C=O) groups is 1. The molecular weight excluding hydrogens is 264 g/mol. The molecule has 0 radical (unpaired) electrons. The first-order valence-electron chi connectivity index (χ1n) is 7.52. The molecule has 1 aromatic carbocycles. The highest BCUT2D eigenvalue weighted by Crippen LogP contribution is 2.68. The van der Waals surface area contributed by atoms with E-state index >= 15 is 0 Å². The molecule has 1 aliphatic rings. The van der Waals surface area contributed by atoms with Crippen LogP contribution in [0.2, 0.25) is 0 Å². The highest BCUT2D eigenvalue weighted by Gasteiger charge is 2.68. The molecule has 0 atom stereocenters. The van der Waals surface area contributed by atoms with Crippen LogP contribution < -0.4 is 15.8 Å². The molecule has 21 heavy (non-hydrogen) atoms. The van der Waals surface area contributed by atoms with Crippen molar-refractivity contribution in [3.05, 3.63) is 23.8 Å². The SMILES string of the molecule is CCOc1ccc(NC(=O)C2C(C)(C)C2(C)C)cc1CN. The summed E-state index contributed by atoms with van der Waals surface area (Å²) in [5, 5.41) is 3.01. The molecule has 0 heterocycles. The van der Waals surface area contributed by atoms with Crippen molar-refractivity contribution in [1.29, 1.82) is 0 Å². The zero-order valence-corrected chi connectivity index (χ0v) is 13.6. The van der Waals surface area contributed by atoms with Crippen molar-refractivity contribution in [2.75, 3.05) is 11.9 Å². The van der Waals surface area contributed by atoms with E-state index in [-0.39, 0.29) is 22.7 Å². The average Bonchev–Trinajstić information content (AvgIpc) is 2.81. The second-order valence-corrected chi connectivity index (χ2v) is 6.83. The summed E-state index contributed by atoms with van der Waals surface area (Å²) in [5.41, 5.74) is 7.51. The van der Waals surface area contributed by atoms with E-state index in [4.69, 9.17) is 10.5 Å². The Balaban J connectivity index is 2.12. The Hall–Kier alpha value is -1.55. The minimum atomic E-state index is 0.0397. The number of nitrogens with two attached hydrogens (primary N) is 1. The van der Waals surface area contributed by atoms with E-state index in [1.165, 1.54) is 0 Å². The van der Waals surface area contributed by atoms with Gasteiger partial charge in [-0.1, -0.05) is 27.7 Å². The lowest BCUT2D eigenvalue weighted by Gasteiger charge is -2.12. The van der Waals surface area contributed by atoms with Crippen LogP contribution in [-0.2, 0) is 11.3 Å². The van der Waals surface area contributed by atoms with E-state index in [2.05, 4.69) is 33.0 Å². The summed E-state index contributed by atoms with van der Waals surface area (Å²) in [5.74, 6) is 0.903. The van der Waals surface area contributed by atoms with E-state index in [0.717, 1.165) is 17.0 Å². The van der Waals surface area contributed by atoms with Crippen molar-refractivity contribution in [3.63, 3.8) is 0 Å². The number of ether oxygens (including phenoxy) is 1. The lowest BCUT2D eigenvalue weighted by molar-refractivity contribution is -0.118. The number of nitrogens with one attached hydrogen (secondary N) is 1. The molecule has 1 fully saturated rings. The first-order valence-corrected chi connectivity index (χ1v) is 7.52. The van der Waals surface area contributed by atoms with E-state index in [1.54, 1.807) is 0 Å². The van der Waals surface area contributed by atoms with Crippen molar-refractivity contribution in [1.82, 2.24) is 0 Å². The number of hydrogen-bond donors (Lipinski definition) is 2. The normalized spacial score (nSPS) is 19.1. The van der Waals surface area contributed by atoms with Crippen molar-refractivity contribution in [2.24, 2.45) is 22.5 Å². The van der Waals surface area contributed by atoms with Crippen LogP contribution in [0.1, 0.15) is 40.2 Å². The Bertz CT molecular complexity index is 536. The topological polar surface area (TPSA) is 64.3 Å². The van der Waals surface area contributed by atoms with Gasteiger partial charge >= 0.3 is 0 Å². The summed E-state index contributed by atoms with van der Waals surface area (Å²) >= 11 is 0. The molecule has 4 heteroatoms. The molecule has 0 saturated heterocycles. The summed E-state index contributed by atoms with van der Waals surface area (Å²) in [6.45, 7) is 11.5. The van der Waals surface area contributed by atoms with Crippen LogP contribution in [0.3, 0.4) is 0 Å². The van der Waals surface area contributed by atoms with Crippen molar-refractivity contribution < 1.29 is 9.53 Å². The van der Waals surface area contributed by atoms with Gasteiger partial charge < -0.3 is 15.8 Å². The number of amides is 1. The zero-order valence-electron chi connectivity index (χ0n) is 13.6. The standard InChI is InChI=1S/C17H26N2O2/c1-6-21-13-8-7-12(9-11(13)10-18)19-15(20)14-16(2,3)17(14,4)5/h7-9,14H,6,10,18H2,1-5H3,(H,19,20). The number of anilines is 1. The third-order valence-electron chi connectivity index (χ3n) is 5.13. The van der Waals surface area contributed by atoms with Crippen LogP contribution in [0.5, 0.6) is 5.75 Å². The molecule has 0 bridgehead atoms. The molecule has 0 aliphatic heterocycles. The Kier molecular flexibility index (Phi) is 4.02. The lowest BCUT2D eigenvalue weighted by atomic mass is 10.0. The second kappa shape index (κ2) is 5.34. The molecule has 2 rings (SSSR count). The van der Waals surface area contributed by atoms with Crippen LogP contribution in [0, 0.1) is 16.7 Å². The smallest absolute Gasteiger partial charge is 0.228 e. The van der Waals surface area contributed by atoms with Crippen molar-refractivity contribution in [2.45, 2.75) is 41.2 Å². The van der Waals surface area contributed by atoms with Crippen LogP contribution >= 0.6 is 0 Å². The van der Waals surface area contributed by atoms with E-state index < -0.39 is 0 Å². The van der Waals surface area contributed by atoms with E-state index in [9.17, 15) is 4.79 Å². The van der Waals surface area contributed by atoms with Gasteiger partial charge in [0.25, 0.3) is 0 Å². The number of hydrogen-bond acceptors (Lipinski definition) is 3. The fourth-order valence-corrected chi connectivity index (χ4v) is 3.18. The molecule has 0 spiro atoms. The Morgan fingerprint density at radius 3 is 2.38 bits per heavy atom. The van der Waals surface area contributed by atoms with Gasteiger partial charge in [-0.25, -0.2) is 0 Å². The third-order valence-corrected chi connectivity index (χ3v) is 5.13. The minimum Gasteiger partial charge on any atom is -0.494 e. The fourth-order valence-electron chi connectivity index (χ4n) is 3.18. The maximum Gasteiger partial charge on any atom is 0.228 e. The molecule has 0 aromatic heterocycles. The van der Waals surface area contributed by atoms with Gasteiger partial charge in [0.2, 0.25) is 5.91 Å². The van der Waals surface area contributed by atoms with Gasteiger partial charge in [-0.2, -0.15) is 0 Å². The molecule has 4 nitrogen and oxygen atoms in total. The predicted octanol–water partition coefficient (Wildman–Crippen LogP) is 3.16. The summed E-state index contributed by atoms with van der Waals surface area (Å²) in [4.78, 5) is 12.4. The molecule has 116 valence electrons. The average molecular weight is 290 g/mol. The summed E-state index contributed by atoms with van der Waals surface area (Å²) in [7, 11) is 0. The van der Waals surface area contributed by atoms with Gasteiger partial charge in [0.15, 0.2) is 0 Å². The first kappa shape index (κ1) is 15.8. The van der Waals surface area contributed by atoms with Crippen LogP contribution in [0.4, 0.5) is 5.69 Å². The maximum absolute atomic E-state index is 12.4. The van der Waals surface area contributed by atoms with Gasteiger partial charge in [0, 0.05) is 23.7 Å². The van der Waals surface area contributed by atoms with Crippen molar-refractivity contribution in [3.8, 4) is 5.75 Å². The summed E-state index contributed by atoms with van der Waals surface area (Å²) in [6, 6.07) is 5.63. The molecule has 1 saturated carbocycles. The van der Waals surface area contributed by atoms with Gasteiger partial charge in [0.1, 0.15) is 5.75 Å². The number of benzene rings is 1. The third kappa shape index (κ3) is 2.64. The van der Waals surface area contributed by atoms with E-state index in [0.29, 0.717) is 13.2 Å².